The van der Waals surface area contributed by atoms with Gasteiger partial charge in [-0.15, -0.1) is 0 Å². The van der Waals surface area contributed by atoms with Gasteiger partial charge in [-0.25, -0.2) is 4.79 Å². The van der Waals surface area contributed by atoms with Gasteiger partial charge in [0.1, 0.15) is 0 Å². The van der Waals surface area contributed by atoms with Gasteiger partial charge in [-0.2, -0.15) is 0 Å². The van der Waals surface area contributed by atoms with Crippen LogP contribution in [0.3, 0.4) is 0 Å². The van der Waals surface area contributed by atoms with E-state index in [0.29, 0.717) is 11.5 Å². The van der Waals surface area contributed by atoms with E-state index >= 15 is 0 Å². The first-order valence-electron chi connectivity index (χ1n) is 8.88. The molecule has 1 atom stereocenters. The summed E-state index contributed by atoms with van der Waals surface area (Å²) in [6.07, 6.45) is -0.882. The number of rotatable bonds is 5. The van der Waals surface area contributed by atoms with Crippen LogP contribution in [0.2, 0.25) is 0 Å². The molecular formula is C22H27NO3. The monoisotopic (exact) mass is 353 g/mol. The zero-order valence-electron chi connectivity index (χ0n) is 16.3. The van der Waals surface area contributed by atoms with Gasteiger partial charge in [0, 0.05) is 5.69 Å². The molecule has 0 aliphatic heterocycles. The lowest BCUT2D eigenvalue weighted by Gasteiger charge is -2.17. The highest BCUT2D eigenvalue weighted by Gasteiger charge is 2.20. The Morgan fingerprint density at radius 1 is 0.923 bits per heavy atom. The molecule has 138 valence electrons. The molecule has 4 nitrogen and oxygen atoms in total. The number of hydrogen-bond acceptors (Lipinski definition) is 3. The molecule has 26 heavy (non-hydrogen) atoms. The van der Waals surface area contributed by atoms with Crippen LogP contribution >= 0.6 is 0 Å². The van der Waals surface area contributed by atoms with Crippen LogP contribution in [0.15, 0.2) is 36.4 Å². The maximum absolute atomic E-state index is 12.4. The summed E-state index contributed by atoms with van der Waals surface area (Å²) < 4.78 is 5.32. The average Bonchev–Trinajstić information content (AvgIpc) is 2.57. The van der Waals surface area contributed by atoms with Crippen molar-refractivity contribution >= 4 is 17.6 Å². The fraction of sp³-hybridized carbons (Fsp3) is 0.364. The number of anilines is 1. The van der Waals surface area contributed by atoms with Crippen LogP contribution in [-0.4, -0.2) is 18.0 Å². The van der Waals surface area contributed by atoms with Crippen molar-refractivity contribution in [1.29, 1.82) is 0 Å². The van der Waals surface area contributed by atoms with E-state index in [1.165, 1.54) is 0 Å². The molecule has 2 aromatic carbocycles. The summed E-state index contributed by atoms with van der Waals surface area (Å²) in [5.74, 6) is -0.446. The number of hydrogen-bond donors (Lipinski definition) is 1. The highest BCUT2D eigenvalue weighted by atomic mass is 16.5. The summed E-state index contributed by atoms with van der Waals surface area (Å²) in [6.45, 7) is 11.7. The number of amides is 1. The minimum Gasteiger partial charge on any atom is -0.449 e. The van der Waals surface area contributed by atoms with Crippen molar-refractivity contribution in [3.05, 3.63) is 64.2 Å². The van der Waals surface area contributed by atoms with E-state index in [9.17, 15) is 9.59 Å². The SMILES string of the molecule is Cc1cc(C)c(NC(=O)[C@@H](C)OC(=O)c2ccc(C(C)C)cc2)c(C)c1. The van der Waals surface area contributed by atoms with E-state index in [-0.39, 0.29) is 5.91 Å². The lowest BCUT2D eigenvalue weighted by atomic mass is 10.0. The molecule has 0 unspecified atom stereocenters. The summed E-state index contributed by atoms with van der Waals surface area (Å²) in [5.41, 5.74) is 5.47. The maximum atomic E-state index is 12.4. The summed E-state index contributed by atoms with van der Waals surface area (Å²) in [7, 11) is 0. The molecule has 2 aromatic rings. The Morgan fingerprint density at radius 2 is 1.46 bits per heavy atom. The summed E-state index contributed by atoms with van der Waals surface area (Å²) in [5, 5.41) is 2.87. The van der Waals surface area contributed by atoms with Crippen molar-refractivity contribution < 1.29 is 14.3 Å². The Kier molecular flexibility index (Phi) is 6.19. The van der Waals surface area contributed by atoms with E-state index < -0.39 is 12.1 Å². The Morgan fingerprint density at radius 3 is 1.96 bits per heavy atom. The number of aryl methyl sites for hydroxylation is 3. The van der Waals surface area contributed by atoms with Crippen LogP contribution in [0.5, 0.6) is 0 Å². The van der Waals surface area contributed by atoms with Crippen molar-refractivity contribution in [2.45, 2.75) is 53.6 Å². The molecule has 1 amide bonds. The molecule has 0 aromatic heterocycles. The highest BCUT2D eigenvalue weighted by Crippen LogP contribution is 2.22. The first kappa shape index (κ1) is 19.7. The van der Waals surface area contributed by atoms with Crippen molar-refractivity contribution in [2.75, 3.05) is 5.32 Å². The van der Waals surface area contributed by atoms with Crippen LogP contribution in [-0.2, 0) is 9.53 Å². The second kappa shape index (κ2) is 8.17. The zero-order valence-corrected chi connectivity index (χ0v) is 16.3. The topological polar surface area (TPSA) is 55.4 Å². The van der Waals surface area contributed by atoms with Gasteiger partial charge in [-0.3, -0.25) is 4.79 Å². The molecule has 0 aliphatic carbocycles. The Balaban J connectivity index is 2.03. The van der Waals surface area contributed by atoms with Crippen LogP contribution < -0.4 is 5.32 Å². The van der Waals surface area contributed by atoms with Crippen LogP contribution in [0.4, 0.5) is 5.69 Å². The molecular weight excluding hydrogens is 326 g/mol. The fourth-order valence-electron chi connectivity index (χ4n) is 2.89. The van der Waals surface area contributed by atoms with Crippen LogP contribution in [0.25, 0.3) is 0 Å². The van der Waals surface area contributed by atoms with Gasteiger partial charge in [0.05, 0.1) is 5.56 Å². The molecule has 0 saturated carbocycles. The Labute approximate surface area is 155 Å². The number of carbonyl (C=O) groups excluding carboxylic acids is 2. The summed E-state index contributed by atoms with van der Waals surface area (Å²) in [6, 6.07) is 11.3. The molecule has 0 heterocycles. The standard InChI is InChI=1S/C22H27NO3/c1-13(2)18-7-9-19(10-8-18)22(25)26-17(6)21(24)23-20-15(4)11-14(3)12-16(20)5/h7-13,17H,1-6H3,(H,23,24)/t17-/m1/s1. The molecule has 0 saturated heterocycles. The zero-order chi connectivity index (χ0) is 19.4. The normalized spacial score (nSPS) is 12.0. The van der Waals surface area contributed by atoms with Gasteiger partial charge < -0.3 is 10.1 Å². The highest BCUT2D eigenvalue weighted by molar-refractivity contribution is 5.98. The summed E-state index contributed by atoms with van der Waals surface area (Å²) in [4.78, 5) is 24.7. The molecule has 0 radical (unpaired) electrons. The lowest BCUT2D eigenvalue weighted by molar-refractivity contribution is -0.123. The molecule has 0 aliphatic rings. The van der Waals surface area contributed by atoms with Crippen LogP contribution in [0.1, 0.15) is 59.3 Å². The molecule has 4 heteroatoms. The minimum atomic E-state index is -0.882. The first-order valence-corrected chi connectivity index (χ1v) is 8.88. The van der Waals surface area contributed by atoms with Crippen molar-refractivity contribution in [1.82, 2.24) is 0 Å². The number of ether oxygens (including phenoxy) is 1. The predicted molar refractivity (Wildman–Crippen MR) is 105 cm³/mol. The van der Waals surface area contributed by atoms with Crippen LogP contribution in [0, 0.1) is 20.8 Å². The second-order valence-corrected chi connectivity index (χ2v) is 7.09. The second-order valence-electron chi connectivity index (χ2n) is 7.09. The quantitative estimate of drug-likeness (QED) is 0.776. The largest absolute Gasteiger partial charge is 0.449 e. The number of carbonyl (C=O) groups is 2. The van der Waals surface area contributed by atoms with Gasteiger partial charge in [0.25, 0.3) is 5.91 Å². The number of nitrogens with one attached hydrogen (secondary N) is 1. The van der Waals surface area contributed by atoms with E-state index in [4.69, 9.17) is 4.74 Å². The molecule has 0 fully saturated rings. The third-order valence-corrected chi connectivity index (χ3v) is 4.39. The maximum Gasteiger partial charge on any atom is 0.338 e. The first-order chi connectivity index (χ1) is 12.2. The van der Waals surface area contributed by atoms with Gasteiger partial charge in [-0.05, 0) is 62.4 Å². The van der Waals surface area contributed by atoms with E-state index in [2.05, 4.69) is 19.2 Å². The molecule has 1 N–H and O–H groups in total. The third-order valence-electron chi connectivity index (χ3n) is 4.39. The smallest absolute Gasteiger partial charge is 0.338 e. The van der Waals surface area contributed by atoms with E-state index in [1.807, 2.05) is 45.0 Å². The molecule has 2 rings (SSSR count). The van der Waals surface area contributed by atoms with Gasteiger partial charge in [-0.1, -0.05) is 43.7 Å². The van der Waals surface area contributed by atoms with Crippen molar-refractivity contribution in [2.24, 2.45) is 0 Å². The lowest BCUT2D eigenvalue weighted by Crippen LogP contribution is -2.30. The third kappa shape index (κ3) is 4.72. The van der Waals surface area contributed by atoms with Gasteiger partial charge >= 0.3 is 5.97 Å². The van der Waals surface area contributed by atoms with E-state index in [0.717, 1.165) is 27.9 Å². The average molecular weight is 353 g/mol. The fourth-order valence-corrected chi connectivity index (χ4v) is 2.89. The minimum absolute atomic E-state index is 0.341. The predicted octanol–water partition coefficient (Wildman–Crippen LogP) is 4.92. The number of esters is 1. The summed E-state index contributed by atoms with van der Waals surface area (Å²) >= 11 is 0. The van der Waals surface area contributed by atoms with Gasteiger partial charge in [0.15, 0.2) is 6.10 Å². The molecule has 0 bridgehead atoms. The van der Waals surface area contributed by atoms with E-state index in [1.54, 1.807) is 19.1 Å². The van der Waals surface area contributed by atoms with Crippen molar-refractivity contribution in [3.8, 4) is 0 Å². The van der Waals surface area contributed by atoms with Crippen molar-refractivity contribution in [3.63, 3.8) is 0 Å². The number of benzene rings is 2. The molecule has 0 spiro atoms. The Hall–Kier alpha value is -2.62. The van der Waals surface area contributed by atoms with Gasteiger partial charge in [0.2, 0.25) is 0 Å². The Bertz CT molecular complexity index is 784.